The second-order valence-electron chi connectivity index (χ2n) is 3.92. The Kier molecular flexibility index (Phi) is 2.86. The molecule has 0 radical (unpaired) electrons. The number of aromatic nitrogens is 2. The molecule has 2 rings (SSSR count). The third-order valence-electron chi connectivity index (χ3n) is 2.77. The average Bonchev–Trinajstić information content (AvgIpc) is 2.26. The average molecular weight is 214 g/mol. The first-order valence-electron chi connectivity index (χ1n) is 5.24. The van der Waals surface area contributed by atoms with E-state index in [0.29, 0.717) is 6.54 Å². The molecule has 0 fully saturated rings. The predicted molar refractivity (Wildman–Crippen MR) is 63.5 cm³/mol. The normalized spacial score (nSPS) is 10.4. The number of hydrogen-bond acceptors (Lipinski definition) is 2. The van der Waals surface area contributed by atoms with Crippen molar-refractivity contribution in [1.82, 2.24) is 9.55 Å². The van der Waals surface area contributed by atoms with Gasteiger partial charge in [-0.25, -0.2) is 4.98 Å². The van der Waals surface area contributed by atoms with Gasteiger partial charge >= 0.3 is 0 Å². The Bertz CT molecular complexity index is 538. The lowest BCUT2D eigenvalue weighted by atomic mass is 10.0. The Hall–Kier alpha value is -1.90. The molecule has 1 aromatic carbocycles. The smallest absolute Gasteiger partial charge is 0.253 e. The topological polar surface area (TPSA) is 34.9 Å². The van der Waals surface area contributed by atoms with E-state index in [1.165, 1.54) is 29.0 Å². The van der Waals surface area contributed by atoms with Crippen molar-refractivity contribution in [3.05, 3.63) is 63.8 Å². The lowest BCUT2D eigenvalue weighted by Gasteiger charge is -2.10. The van der Waals surface area contributed by atoms with E-state index in [1.54, 1.807) is 10.9 Å². The predicted octanol–water partition coefficient (Wildman–Crippen LogP) is 1.91. The van der Waals surface area contributed by atoms with Crippen LogP contribution < -0.4 is 5.56 Å². The van der Waals surface area contributed by atoms with Crippen molar-refractivity contribution >= 4 is 0 Å². The molecule has 0 aliphatic carbocycles. The van der Waals surface area contributed by atoms with E-state index in [9.17, 15) is 4.79 Å². The molecule has 3 nitrogen and oxygen atoms in total. The van der Waals surface area contributed by atoms with Crippen LogP contribution in [0.3, 0.4) is 0 Å². The molecule has 0 spiro atoms. The molecular weight excluding hydrogens is 200 g/mol. The third-order valence-corrected chi connectivity index (χ3v) is 2.77. The monoisotopic (exact) mass is 214 g/mol. The molecule has 0 N–H and O–H groups in total. The molecule has 0 atom stereocenters. The molecule has 1 heterocycles. The number of aryl methyl sites for hydroxylation is 2. The first kappa shape index (κ1) is 10.6. The Balaban J connectivity index is 2.42. The maximum atomic E-state index is 11.6. The van der Waals surface area contributed by atoms with Gasteiger partial charge in [0.15, 0.2) is 0 Å². The summed E-state index contributed by atoms with van der Waals surface area (Å²) in [5.74, 6) is 0. The minimum Gasteiger partial charge on any atom is -0.295 e. The Morgan fingerprint density at radius 1 is 1.19 bits per heavy atom. The van der Waals surface area contributed by atoms with Gasteiger partial charge in [-0.3, -0.25) is 9.36 Å². The van der Waals surface area contributed by atoms with Gasteiger partial charge < -0.3 is 0 Å². The molecule has 82 valence electrons. The first-order valence-corrected chi connectivity index (χ1v) is 5.24. The van der Waals surface area contributed by atoms with Gasteiger partial charge in [0.1, 0.15) is 0 Å². The van der Waals surface area contributed by atoms with Gasteiger partial charge in [0.05, 0.1) is 12.9 Å². The van der Waals surface area contributed by atoms with Crippen molar-refractivity contribution in [2.75, 3.05) is 0 Å². The fourth-order valence-electron chi connectivity index (χ4n) is 1.77. The summed E-state index contributed by atoms with van der Waals surface area (Å²) in [6, 6.07) is 7.63. The van der Waals surface area contributed by atoms with Crippen LogP contribution in [0.2, 0.25) is 0 Å². The van der Waals surface area contributed by atoms with Gasteiger partial charge in [0, 0.05) is 12.3 Å². The van der Waals surface area contributed by atoms with Crippen molar-refractivity contribution in [3.63, 3.8) is 0 Å². The largest absolute Gasteiger partial charge is 0.295 e. The highest BCUT2D eigenvalue weighted by atomic mass is 16.1. The van der Waals surface area contributed by atoms with Crippen LogP contribution in [-0.4, -0.2) is 9.55 Å². The minimum absolute atomic E-state index is 0.0161. The van der Waals surface area contributed by atoms with Crippen LogP contribution in [0, 0.1) is 13.8 Å². The fourth-order valence-corrected chi connectivity index (χ4v) is 1.77. The summed E-state index contributed by atoms with van der Waals surface area (Å²) in [4.78, 5) is 15.5. The molecule has 0 saturated heterocycles. The van der Waals surface area contributed by atoms with E-state index in [1.807, 2.05) is 6.07 Å². The lowest BCUT2D eigenvalue weighted by Crippen LogP contribution is -2.20. The van der Waals surface area contributed by atoms with Gasteiger partial charge in [-0.15, -0.1) is 0 Å². The molecule has 0 saturated carbocycles. The van der Waals surface area contributed by atoms with Gasteiger partial charge in [0.2, 0.25) is 0 Å². The van der Waals surface area contributed by atoms with Crippen LogP contribution >= 0.6 is 0 Å². The maximum Gasteiger partial charge on any atom is 0.253 e. The number of rotatable bonds is 2. The van der Waals surface area contributed by atoms with Crippen LogP contribution in [-0.2, 0) is 6.54 Å². The van der Waals surface area contributed by atoms with Crippen molar-refractivity contribution in [2.45, 2.75) is 20.4 Å². The van der Waals surface area contributed by atoms with Crippen molar-refractivity contribution in [1.29, 1.82) is 0 Å². The summed E-state index contributed by atoms with van der Waals surface area (Å²) in [6.07, 6.45) is 3.09. The van der Waals surface area contributed by atoms with Crippen LogP contribution in [0.4, 0.5) is 0 Å². The summed E-state index contributed by atoms with van der Waals surface area (Å²) in [7, 11) is 0. The summed E-state index contributed by atoms with van der Waals surface area (Å²) in [5, 5.41) is 0. The second kappa shape index (κ2) is 4.31. The zero-order valence-corrected chi connectivity index (χ0v) is 9.47. The van der Waals surface area contributed by atoms with Crippen molar-refractivity contribution in [3.8, 4) is 0 Å². The van der Waals surface area contributed by atoms with Gasteiger partial charge in [-0.05, 0) is 30.5 Å². The fraction of sp³-hybridized carbons (Fsp3) is 0.231. The van der Waals surface area contributed by atoms with E-state index < -0.39 is 0 Å². The maximum absolute atomic E-state index is 11.6. The summed E-state index contributed by atoms with van der Waals surface area (Å²) in [6.45, 7) is 4.71. The molecular formula is C13H14N2O. The van der Waals surface area contributed by atoms with E-state index in [-0.39, 0.29) is 5.56 Å². The van der Waals surface area contributed by atoms with Crippen LogP contribution in [0.25, 0.3) is 0 Å². The zero-order chi connectivity index (χ0) is 11.5. The number of benzene rings is 1. The minimum atomic E-state index is -0.0161. The van der Waals surface area contributed by atoms with Gasteiger partial charge in [-0.1, -0.05) is 18.2 Å². The van der Waals surface area contributed by atoms with E-state index in [2.05, 4.69) is 31.0 Å². The van der Waals surface area contributed by atoms with Crippen LogP contribution in [0.5, 0.6) is 0 Å². The standard InChI is InChI=1S/C13H14N2O/c1-10-4-3-5-11(2)12(10)8-15-9-14-7-6-13(15)16/h3-7,9H,8H2,1-2H3. The lowest BCUT2D eigenvalue weighted by molar-refractivity contribution is 0.729. The number of nitrogens with zero attached hydrogens (tertiary/aromatic N) is 2. The van der Waals surface area contributed by atoms with Gasteiger partial charge in [-0.2, -0.15) is 0 Å². The first-order chi connectivity index (χ1) is 7.68. The summed E-state index contributed by atoms with van der Waals surface area (Å²) >= 11 is 0. The molecule has 0 bridgehead atoms. The van der Waals surface area contributed by atoms with Crippen LogP contribution in [0.15, 0.2) is 41.6 Å². The highest BCUT2D eigenvalue weighted by molar-refractivity contribution is 5.33. The second-order valence-corrected chi connectivity index (χ2v) is 3.92. The van der Waals surface area contributed by atoms with Crippen molar-refractivity contribution < 1.29 is 0 Å². The zero-order valence-electron chi connectivity index (χ0n) is 9.47. The highest BCUT2D eigenvalue weighted by Crippen LogP contribution is 2.13. The van der Waals surface area contributed by atoms with Crippen LogP contribution in [0.1, 0.15) is 16.7 Å². The van der Waals surface area contributed by atoms with E-state index in [4.69, 9.17) is 0 Å². The molecule has 0 aliphatic heterocycles. The molecule has 0 amide bonds. The highest BCUT2D eigenvalue weighted by Gasteiger charge is 2.03. The number of hydrogen-bond donors (Lipinski definition) is 0. The molecule has 0 aliphatic rings. The van der Waals surface area contributed by atoms with E-state index >= 15 is 0 Å². The summed E-state index contributed by atoms with van der Waals surface area (Å²) in [5.41, 5.74) is 3.58. The van der Waals surface area contributed by atoms with Gasteiger partial charge in [0.25, 0.3) is 5.56 Å². The molecule has 1 aromatic heterocycles. The molecule has 2 aromatic rings. The molecule has 0 unspecified atom stereocenters. The Morgan fingerprint density at radius 2 is 1.88 bits per heavy atom. The molecule has 16 heavy (non-hydrogen) atoms. The van der Waals surface area contributed by atoms with E-state index in [0.717, 1.165) is 0 Å². The SMILES string of the molecule is Cc1cccc(C)c1Cn1cnccc1=O. The van der Waals surface area contributed by atoms with Crippen molar-refractivity contribution in [2.24, 2.45) is 0 Å². The quantitative estimate of drug-likeness (QED) is 0.765. The third kappa shape index (κ3) is 2.03. The molecule has 3 heteroatoms. The Labute approximate surface area is 94.4 Å². The summed E-state index contributed by atoms with van der Waals surface area (Å²) < 4.78 is 1.62. The Morgan fingerprint density at radius 3 is 2.50 bits per heavy atom.